The SMILES string of the molecule is CCc1c(CC[C@@H]2CCCN2C(=O)Cc2cccc(O)c2)[nH]c2cc(C#N)ccc12. The van der Waals surface area contributed by atoms with E-state index in [9.17, 15) is 9.90 Å². The molecule has 2 N–H and O–H groups in total. The highest BCUT2D eigenvalue weighted by atomic mass is 16.3. The van der Waals surface area contributed by atoms with E-state index < -0.39 is 0 Å². The number of fused-ring (bicyclic) bond motifs is 1. The second-order valence-electron chi connectivity index (χ2n) is 8.08. The number of phenols is 1. The van der Waals surface area contributed by atoms with Crippen LogP contribution in [0, 0.1) is 11.3 Å². The van der Waals surface area contributed by atoms with Gasteiger partial charge in [0.15, 0.2) is 0 Å². The maximum Gasteiger partial charge on any atom is 0.227 e. The molecule has 0 spiro atoms. The molecule has 1 amide bonds. The highest BCUT2D eigenvalue weighted by Crippen LogP contribution is 2.28. The van der Waals surface area contributed by atoms with Crippen molar-refractivity contribution in [2.45, 2.75) is 51.5 Å². The van der Waals surface area contributed by atoms with Crippen molar-refractivity contribution in [1.82, 2.24) is 9.88 Å². The molecule has 5 nitrogen and oxygen atoms in total. The van der Waals surface area contributed by atoms with Crippen LogP contribution in [0.5, 0.6) is 5.75 Å². The van der Waals surface area contributed by atoms with Crippen molar-refractivity contribution >= 4 is 16.8 Å². The van der Waals surface area contributed by atoms with Crippen LogP contribution in [0.15, 0.2) is 42.5 Å². The summed E-state index contributed by atoms with van der Waals surface area (Å²) in [6.07, 6.45) is 5.15. The fourth-order valence-electron chi connectivity index (χ4n) is 4.72. The molecule has 5 heteroatoms. The number of aromatic amines is 1. The van der Waals surface area contributed by atoms with Gasteiger partial charge in [0.1, 0.15) is 5.75 Å². The maximum absolute atomic E-state index is 12.9. The number of hydrogen-bond acceptors (Lipinski definition) is 3. The Hall–Kier alpha value is -3.26. The summed E-state index contributed by atoms with van der Waals surface area (Å²) < 4.78 is 0. The summed E-state index contributed by atoms with van der Waals surface area (Å²) in [6, 6.07) is 15.2. The number of amides is 1. The number of likely N-dealkylation sites (tertiary alicyclic amines) is 1. The normalized spacial score (nSPS) is 16.1. The Morgan fingerprint density at radius 3 is 2.93 bits per heavy atom. The number of carbonyl (C=O) groups excluding carboxylic acids is 1. The van der Waals surface area contributed by atoms with E-state index >= 15 is 0 Å². The number of phenolic OH excluding ortho intramolecular Hbond substituents is 1. The first kappa shape index (κ1) is 20.0. The van der Waals surface area contributed by atoms with Gasteiger partial charge in [-0.3, -0.25) is 4.79 Å². The van der Waals surface area contributed by atoms with Crippen molar-refractivity contribution in [3.05, 3.63) is 64.8 Å². The molecule has 1 atom stereocenters. The van der Waals surface area contributed by atoms with Gasteiger partial charge in [0.05, 0.1) is 18.1 Å². The van der Waals surface area contributed by atoms with Crippen molar-refractivity contribution in [1.29, 1.82) is 5.26 Å². The fourth-order valence-corrected chi connectivity index (χ4v) is 4.72. The number of nitrogens with zero attached hydrogens (tertiary/aromatic N) is 2. The highest BCUT2D eigenvalue weighted by molar-refractivity contribution is 5.86. The van der Waals surface area contributed by atoms with Gasteiger partial charge in [-0.1, -0.05) is 25.1 Å². The molecule has 0 saturated carbocycles. The summed E-state index contributed by atoms with van der Waals surface area (Å²) in [4.78, 5) is 18.4. The number of nitriles is 1. The molecule has 4 rings (SSSR count). The predicted molar refractivity (Wildman–Crippen MR) is 117 cm³/mol. The van der Waals surface area contributed by atoms with Gasteiger partial charge < -0.3 is 15.0 Å². The van der Waals surface area contributed by atoms with Crippen LogP contribution in [0.1, 0.15) is 48.6 Å². The summed E-state index contributed by atoms with van der Waals surface area (Å²) in [6.45, 7) is 2.96. The second kappa shape index (κ2) is 8.62. The molecule has 1 aliphatic rings. The smallest absolute Gasteiger partial charge is 0.227 e. The molecule has 1 fully saturated rings. The lowest BCUT2D eigenvalue weighted by molar-refractivity contribution is -0.131. The van der Waals surface area contributed by atoms with Crippen LogP contribution < -0.4 is 0 Å². The van der Waals surface area contributed by atoms with Crippen LogP contribution in [0.25, 0.3) is 10.9 Å². The van der Waals surface area contributed by atoms with Gasteiger partial charge in [-0.05, 0) is 67.5 Å². The number of aryl methyl sites for hydroxylation is 2. The first-order valence-corrected chi connectivity index (χ1v) is 10.7. The summed E-state index contributed by atoms with van der Waals surface area (Å²) in [7, 11) is 0. The monoisotopic (exact) mass is 401 g/mol. The number of nitrogens with one attached hydrogen (secondary N) is 1. The summed E-state index contributed by atoms with van der Waals surface area (Å²) in [5.74, 6) is 0.331. The van der Waals surface area contributed by atoms with Crippen molar-refractivity contribution in [3.8, 4) is 11.8 Å². The molecule has 154 valence electrons. The number of hydrogen-bond donors (Lipinski definition) is 2. The second-order valence-corrected chi connectivity index (χ2v) is 8.08. The van der Waals surface area contributed by atoms with E-state index in [4.69, 9.17) is 5.26 Å². The quantitative estimate of drug-likeness (QED) is 0.639. The molecule has 1 aliphatic heterocycles. The van der Waals surface area contributed by atoms with Gasteiger partial charge in [-0.15, -0.1) is 0 Å². The van der Waals surface area contributed by atoms with Crippen LogP contribution in [-0.2, 0) is 24.1 Å². The highest BCUT2D eigenvalue weighted by Gasteiger charge is 2.28. The van der Waals surface area contributed by atoms with E-state index in [0.29, 0.717) is 12.0 Å². The molecule has 3 aromatic rings. The summed E-state index contributed by atoms with van der Waals surface area (Å²) >= 11 is 0. The van der Waals surface area contributed by atoms with Crippen molar-refractivity contribution in [2.75, 3.05) is 6.54 Å². The lowest BCUT2D eigenvalue weighted by atomic mass is 10.0. The molecule has 0 aliphatic carbocycles. The zero-order valence-electron chi connectivity index (χ0n) is 17.3. The van der Waals surface area contributed by atoms with E-state index in [1.807, 2.05) is 29.2 Å². The lowest BCUT2D eigenvalue weighted by Gasteiger charge is -2.25. The molecule has 0 bridgehead atoms. The summed E-state index contributed by atoms with van der Waals surface area (Å²) in [5, 5.41) is 20.0. The fraction of sp³-hybridized carbons (Fsp3) is 0.360. The minimum Gasteiger partial charge on any atom is -0.508 e. The zero-order valence-corrected chi connectivity index (χ0v) is 17.3. The molecule has 0 unspecified atom stereocenters. The van der Waals surface area contributed by atoms with Gasteiger partial charge in [0, 0.05) is 29.2 Å². The Bertz CT molecular complexity index is 1110. The molecule has 1 aromatic heterocycles. The van der Waals surface area contributed by atoms with Crippen molar-refractivity contribution in [3.63, 3.8) is 0 Å². The van der Waals surface area contributed by atoms with Crippen LogP contribution in [0.2, 0.25) is 0 Å². The Morgan fingerprint density at radius 1 is 1.30 bits per heavy atom. The Kier molecular flexibility index (Phi) is 5.76. The Labute approximate surface area is 176 Å². The number of rotatable bonds is 6. The minimum atomic E-state index is 0.133. The molecule has 1 saturated heterocycles. The number of H-pyrrole nitrogens is 1. The van der Waals surface area contributed by atoms with E-state index in [0.717, 1.165) is 49.7 Å². The van der Waals surface area contributed by atoms with E-state index in [2.05, 4.69) is 18.0 Å². The third-order valence-electron chi connectivity index (χ3n) is 6.17. The van der Waals surface area contributed by atoms with Gasteiger partial charge in [-0.25, -0.2) is 0 Å². The standard InChI is InChI=1S/C25H27N3O2/c1-2-21-22-10-8-18(16-26)14-24(22)27-23(21)11-9-19-6-4-12-28(19)25(30)15-17-5-3-7-20(29)13-17/h3,5,7-8,10,13-14,19,27,29H,2,4,6,9,11-12,15H2,1H3/t19-/m0/s1. The van der Waals surface area contributed by atoms with Gasteiger partial charge >= 0.3 is 0 Å². The molecule has 2 heterocycles. The topological polar surface area (TPSA) is 80.1 Å². The van der Waals surface area contributed by atoms with Crippen molar-refractivity contribution in [2.24, 2.45) is 0 Å². The van der Waals surface area contributed by atoms with Gasteiger partial charge in [0.2, 0.25) is 5.91 Å². The Balaban J connectivity index is 1.46. The van der Waals surface area contributed by atoms with E-state index in [-0.39, 0.29) is 17.7 Å². The number of carbonyl (C=O) groups is 1. The van der Waals surface area contributed by atoms with Gasteiger partial charge in [-0.2, -0.15) is 5.26 Å². The van der Waals surface area contributed by atoms with Crippen LogP contribution in [0.4, 0.5) is 0 Å². The molecule has 0 radical (unpaired) electrons. The third-order valence-corrected chi connectivity index (χ3v) is 6.17. The minimum absolute atomic E-state index is 0.133. The maximum atomic E-state index is 12.9. The number of aromatic hydroxyl groups is 1. The lowest BCUT2D eigenvalue weighted by Crippen LogP contribution is -2.36. The molecule has 2 aromatic carbocycles. The number of benzene rings is 2. The molecular formula is C25H27N3O2. The van der Waals surface area contributed by atoms with Crippen LogP contribution >= 0.6 is 0 Å². The number of aromatic nitrogens is 1. The van der Waals surface area contributed by atoms with E-state index in [1.54, 1.807) is 18.2 Å². The van der Waals surface area contributed by atoms with Crippen LogP contribution in [0.3, 0.4) is 0 Å². The van der Waals surface area contributed by atoms with Gasteiger partial charge in [0.25, 0.3) is 0 Å². The average molecular weight is 402 g/mol. The van der Waals surface area contributed by atoms with Crippen LogP contribution in [-0.4, -0.2) is 33.5 Å². The largest absolute Gasteiger partial charge is 0.508 e. The predicted octanol–water partition coefficient (Wildman–Crippen LogP) is 4.47. The first-order chi connectivity index (χ1) is 14.6. The summed E-state index contributed by atoms with van der Waals surface area (Å²) in [5.41, 5.74) is 5.06. The molecular weight excluding hydrogens is 374 g/mol. The average Bonchev–Trinajstić information content (AvgIpc) is 3.35. The molecule has 30 heavy (non-hydrogen) atoms. The van der Waals surface area contributed by atoms with E-state index in [1.165, 1.54) is 16.6 Å². The van der Waals surface area contributed by atoms with Crippen molar-refractivity contribution < 1.29 is 9.90 Å². The zero-order chi connectivity index (χ0) is 21.1. The third kappa shape index (κ3) is 4.04. The Morgan fingerprint density at radius 2 is 2.17 bits per heavy atom. The first-order valence-electron chi connectivity index (χ1n) is 10.7.